The number of nitrogens with one attached hydrogen (secondary N) is 1. The van der Waals surface area contributed by atoms with Gasteiger partial charge in [0, 0.05) is 21.2 Å². The number of amides is 1. The summed E-state index contributed by atoms with van der Waals surface area (Å²) in [6.45, 7) is 1.77. The summed E-state index contributed by atoms with van der Waals surface area (Å²) in [6.07, 6.45) is 2.80. The number of aromatic nitrogens is 2. The number of halogens is 5. The first-order valence-electron chi connectivity index (χ1n) is 10.4. The molecule has 2 aromatic rings. The Bertz CT molecular complexity index is 1570. The fourth-order valence-corrected chi connectivity index (χ4v) is 5.43. The molecule has 2 heterocycles. The first-order valence-corrected chi connectivity index (χ1v) is 13.1. The highest BCUT2D eigenvalue weighted by molar-refractivity contribution is 9.10. The minimum absolute atomic E-state index is 0.00981. The molecular weight excluding hydrogens is 605 g/mol. The second kappa shape index (κ2) is 9.91. The third-order valence-electron chi connectivity index (χ3n) is 5.33. The van der Waals surface area contributed by atoms with Crippen molar-refractivity contribution in [2.75, 3.05) is 11.3 Å². The van der Waals surface area contributed by atoms with Gasteiger partial charge in [-0.25, -0.2) is 0 Å². The van der Waals surface area contributed by atoms with E-state index in [4.69, 9.17) is 26.5 Å². The number of primary amides is 1. The highest BCUT2D eigenvalue weighted by atomic mass is 79.9. The van der Waals surface area contributed by atoms with Gasteiger partial charge in [0.05, 0.1) is 31.4 Å². The van der Waals surface area contributed by atoms with Crippen molar-refractivity contribution in [3.05, 3.63) is 63.7 Å². The molecule has 37 heavy (non-hydrogen) atoms. The fraction of sp³-hybridized carbons (Fsp3) is 0.182. The topological polar surface area (TPSA) is 129 Å². The lowest BCUT2D eigenvalue weighted by Crippen LogP contribution is -2.30. The van der Waals surface area contributed by atoms with Gasteiger partial charge in [0.25, 0.3) is 11.9 Å². The Labute approximate surface area is 221 Å². The number of carbonyl (C=O) groups excluding carboxylic acids is 1. The number of anilines is 1. The number of rotatable bonds is 8. The lowest BCUT2D eigenvalue weighted by atomic mass is 10.0. The number of nitrogens with two attached hydrogens (primary N) is 1. The lowest BCUT2D eigenvalue weighted by Gasteiger charge is -2.16. The second-order valence-corrected chi connectivity index (χ2v) is 10.4. The van der Waals surface area contributed by atoms with E-state index in [9.17, 15) is 26.4 Å². The monoisotopic (exact) mass is 620 g/mol. The van der Waals surface area contributed by atoms with Crippen molar-refractivity contribution in [3.8, 4) is 28.3 Å². The number of imidazole rings is 1. The quantitative estimate of drug-likeness (QED) is 0.268. The zero-order valence-corrected chi connectivity index (χ0v) is 21.9. The highest BCUT2D eigenvalue weighted by Crippen LogP contribution is 2.49. The minimum atomic E-state index is -5.72. The molecule has 0 atom stereocenters. The Morgan fingerprint density at radius 2 is 1.95 bits per heavy atom. The number of hydrogen-bond donors (Lipinski definition) is 2. The molecule has 15 heteroatoms. The van der Waals surface area contributed by atoms with Gasteiger partial charge in [0.2, 0.25) is 0 Å². The smallest absolute Gasteiger partial charge is 0.472 e. The SMILES string of the molecule is CCOc1nc(Cl)c(C(N)=O)n1Cc1c2ccocc-2c(Br)c1-c1ccccc1NS(=O)(=O)C(F)(F)F. The molecule has 0 fully saturated rings. The van der Waals surface area contributed by atoms with Crippen molar-refractivity contribution in [3.63, 3.8) is 0 Å². The van der Waals surface area contributed by atoms with Gasteiger partial charge >= 0.3 is 15.5 Å². The number of hydrogen-bond acceptors (Lipinski definition) is 6. The average Bonchev–Trinajstić information content (AvgIpc) is 3.27. The van der Waals surface area contributed by atoms with Gasteiger partial charge in [0.1, 0.15) is 5.69 Å². The van der Waals surface area contributed by atoms with Crippen LogP contribution >= 0.6 is 27.5 Å². The average molecular weight is 622 g/mol. The molecule has 1 aliphatic carbocycles. The highest BCUT2D eigenvalue weighted by Gasteiger charge is 2.46. The molecule has 2 aliphatic rings. The lowest BCUT2D eigenvalue weighted by molar-refractivity contribution is -0.0429. The summed E-state index contributed by atoms with van der Waals surface area (Å²) in [7, 11) is -5.72. The third-order valence-corrected chi connectivity index (χ3v) is 7.52. The standard InChI is InChI=1S/C22H17BrClF3N4O5S/c1-2-36-21-29-19(24)18(20(28)32)31(21)9-13-11-7-8-35-10-14(11)17(23)16(13)12-5-3-4-6-15(12)30-37(33,34)22(25,26)27/h3-8,10,30H,2,9H2,1H3,(H2,28,32). The molecule has 4 rings (SSSR count). The zero-order chi connectivity index (χ0) is 27.1. The summed E-state index contributed by atoms with van der Waals surface area (Å²) in [4.78, 5) is 16.3. The number of nitrogens with zero attached hydrogens (tertiary/aromatic N) is 2. The van der Waals surface area contributed by atoms with Crippen molar-refractivity contribution >= 4 is 49.1 Å². The van der Waals surface area contributed by atoms with Gasteiger partial charge in [-0.3, -0.25) is 14.1 Å². The van der Waals surface area contributed by atoms with Gasteiger partial charge in [-0.15, -0.1) is 0 Å². The summed E-state index contributed by atoms with van der Waals surface area (Å²) in [5, 5.41) is -0.194. The van der Waals surface area contributed by atoms with E-state index in [1.165, 1.54) is 41.4 Å². The van der Waals surface area contributed by atoms with Crippen molar-refractivity contribution < 1.29 is 35.5 Å². The number of ether oxygens (including phenoxy) is 1. The Morgan fingerprint density at radius 3 is 2.59 bits per heavy atom. The van der Waals surface area contributed by atoms with Crippen LogP contribution in [0.25, 0.3) is 22.3 Å². The van der Waals surface area contributed by atoms with Gasteiger partial charge in [-0.05, 0) is 46.1 Å². The summed E-state index contributed by atoms with van der Waals surface area (Å²) >= 11 is 9.62. The normalized spacial score (nSPS) is 12.2. The molecular formula is C22H17BrClF3N4O5S. The second-order valence-electron chi connectivity index (χ2n) is 7.57. The van der Waals surface area contributed by atoms with Crippen molar-refractivity contribution in [1.29, 1.82) is 0 Å². The molecule has 1 aliphatic heterocycles. The maximum atomic E-state index is 13.2. The van der Waals surface area contributed by atoms with E-state index >= 15 is 0 Å². The number of fused-ring (bicyclic) bond motifs is 1. The van der Waals surface area contributed by atoms with Gasteiger partial charge < -0.3 is 14.9 Å². The third kappa shape index (κ3) is 4.88. The molecule has 3 N–H and O–H groups in total. The zero-order valence-electron chi connectivity index (χ0n) is 18.8. The Hall–Kier alpha value is -3.23. The van der Waals surface area contributed by atoms with Gasteiger partial charge in [-0.2, -0.15) is 26.6 Å². The van der Waals surface area contributed by atoms with Crippen LogP contribution in [0.4, 0.5) is 18.9 Å². The minimum Gasteiger partial charge on any atom is -0.472 e. The molecule has 1 aromatic carbocycles. The molecule has 196 valence electrons. The van der Waals surface area contributed by atoms with E-state index in [-0.39, 0.29) is 41.3 Å². The van der Waals surface area contributed by atoms with Gasteiger partial charge in [0.15, 0.2) is 5.15 Å². The molecule has 0 unspecified atom stereocenters. The maximum absolute atomic E-state index is 13.2. The number of sulfonamides is 1. The van der Waals surface area contributed by atoms with Crippen LogP contribution in [0.5, 0.6) is 6.01 Å². The summed E-state index contributed by atoms with van der Waals surface area (Å²) < 4.78 is 77.5. The first-order chi connectivity index (χ1) is 17.4. The first kappa shape index (κ1) is 26.8. The predicted octanol–water partition coefficient (Wildman–Crippen LogP) is 5.47. The van der Waals surface area contributed by atoms with Crippen LogP contribution in [0.1, 0.15) is 23.0 Å². The van der Waals surface area contributed by atoms with Crippen molar-refractivity contribution in [2.45, 2.75) is 19.0 Å². The summed E-state index contributed by atoms with van der Waals surface area (Å²) in [5.41, 5.74) is 1.57. The molecule has 0 bridgehead atoms. The Balaban J connectivity index is 1.98. The van der Waals surface area contributed by atoms with E-state index in [2.05, 4.69) is 20.9 Å². The van der Waals surface area contributed by atoms with Crippen molar-refractivity contribution in [1.82, 2.24) is 9.55 Å². The largest absolute Gasteiger partial charge is 0.516 e. The van der Waals surface area contributed by atoms with E-state index in [0.717, 1.165) is 0 Å². The van der Waals surface area contributed by atoms with E-state index in [1.54, 1.807) is 17.7 Å². The summed E-state index contributed by atoms with van der Waals surface area (Å²) in [6, 6.07) is 7.18. The van der Waals surface area contributed by atoms with Crippen molar-refractivity contribution in [2.24, 2.45) is 5.73 Å². The number of para-hydroxylation sites is 1. The number of alkyl halides is 3. The molecule has 1 aromatic heterocycles. The maximum Gasteiger partial charge on any atom is 0.516 e. The van der Waals surface area contributed by atoms with Crippen LogP contribution in [-0.2, 0) is 16.6 Å². The number of carbonyl (C=O) groups is 1. The molecule has 0 radical (unpaired) electrons. The fourth-order valence-electron chi connectivity index (χ4n) is 3.82. The van der Waals surface area contributed by atoms with Crippen LogP contribution in [0.2, 0.25) is 5.15 Å². The number of benzene rings is 1. The predicted molar refractivity (Wildman–Crippen MR) is 133 cm³/mol. The van der Waals surface area contributed by atoms with E-state index in [0.29, 0.717) is 26.7 Å². The summed E-state index contributed by atoms with van der Waals surface area (Å²) in [5.74, 6) is -0.881. The molecule has 0 saturated heterocycles. The van der Waals surface area contributed by atoms with Crippen LogP contribution < -0.4 is 15.2 Å². The van der Waals surface area contributed by atoms with Gasteiger partial charge in [-0.1, -0.05) is 29.8 Å². The Kier molecular flexibility index (Phi) is 7.18. The van der Waals surface area contributed by atoms with E-state index < -0.39 is 21.4 Å². The van der Waals surface area contributed by atoms with Crippen LogP contribution in [0.3, 0.4) is 0 Å². The molecule has 0 spiro atoms. The Morgan fingerprint density at radius 1 is 1.24 bits per heavy atom. The van der Waals surface area contributed by atoms with E-state index in [1.807, 2.05) is 0 Å². The van der Waals surface area contributed by atoms with Crippen LogP contribution in [0.15, 0.2) is 51.7 Å². The molecule has 9 nitrogen and oxygen atoms in total. The van der Waals surface area contributed by atoms with Crippen LogP contribution in [0, 0.1) is 0 Å². The van der Waals surface area contributed by atoms with Crippen LogP contribution in [-0.4, -0.2) is 36.0 Å². The molecule has 1 amide bonds. The molecule has 0 saturated carbocycles.